The maximum atomic E-state index is 13.4. The molecule has 140 valence electrons. The first-order valence-corrected chi connectivity index (χ1v) is 9.37. The fraction of sp³-hybridized carbons (Fsp3) is 0.550. The number of carbonyl (C=O) groups is 1. The van der Waals surface area contributed by atoms with Gasteiger partial charge < -0.3 is 5.11 Å². The minimum absolute atomic E-state index is 0.206. The number of allylic oxidation sites excluding steroid dienone is 1. The van der Waals surface area contributed by atoms with Crippen LogP contribution in [-0.2, 0) is 4.79 Å². The number of rotatable bonds is 3. The highest BCUT2D eigenvalue weighted by atomic mass is 35.5. The predicted octanol–water partition coefficient (Wildman–Crippen LogP) is 5.96. The lowest BCUT2D eigenvalue weighted by atomic mass is 9.47. The Bertz CT molecular complexity index is 729. The van der Waals surface area contributed by atoms with E-state index in [4.69, 9.17) is 11.6 Å². The SMILES string of the molecule is O=C(C(=C(O)c1ccc(Cl)cc1)C12CC3CC(CC(C3)C1)C2)C(F)(F)F. The van der Waals surface area contributed by atoms with Gasteiger partial charge in [-0.2, -0.15) is 13.2 Å². The predicted molar refractivity (Wildman–Crippen MR) is 92.7 cm³/mol. The largest absolute Gasteiger partial charge is 0.507 e. The highest BCUT2D eigenvalue weighted by Crippen LogP contribution is 2.64. The van der Waals surface area contributed by atoms with Gasteiger partial charge in [0, 0.05) is 16.0 Å². The van der Waals surface area contributed by atoms with E-state index in [1.165, 1.54) is 24.3 Å². The highest BCUT2D eigenvalue weighted by Gasteiger charge is 2.58. The summed E-state index contributed by atoms with van der Waals surface area (Å²) in [5.74, 6) is -1.36. The van der Waals surface area contributed by atoms with Crippen LogP contribution in [0.5, 0.6) is 0 Å². The first-order valence-electron chi connectivity index (χ1n) is 8.99. The van der Waals surface area contributed by atoms with E-state index >= 15 is 0 Å². The summed E-state index contributed by atoms with van der Waals surface area (Å²) in [6.07, 6.45) is -0.203. The van der Waals surface area contributed by atoms with E-state index in [9.17, 15) is 23.1 Å². The molecule has 0 heterocycles. The van der Waals surface area contributed by atoms with Gasteiger partial charge in [0.05, 0.1) is 5.57 Å². The number of ketones is 1. The van der Waals surface area contributed by atoms with E-state index in [1.807, 2.05) is 0 Å². The van der Waals surface area contributed by atoms with E-state index in [-0.39, 0.29) is 5.56 Å². The minimum atomic E-state index is -5.00. The average molecular weight is 385 g/mol. The number of alkyl halides is 3. The second-order valence-corrected chi connectivity index (χ2v) is 8.69. The minimum Gasteiger partial charge on any atom is -0.507 e. The van der Waals surface area contributed by atoms with Crippen molar-refractivity contribution in [2.45, 2.75) is 44.7 Å². The van der Waals surface area contributed by atoms with Crippen LogP contribution in [0, 0.1) is 23.2 Å². The van der Waals surface area contributed by atoms with Gasteiger partial charge in [-0.1, -0.05) is 11.6 Å². The van der Waals surface area contributed by atoms with Gasteiger partial charge in [0.1, 0.15) is 5.76 Å². The quantitative estimate of drug-likeness (QED) is 0.516. The molecule has 4 aliphatic carbocycles. The Labute approximate surface area is 155 Å². The van der Waals surface area contributed by atoms with Crippen molar-refractivity contribution in [3.05, 3.63) is 40.4 Å². The van der Waals surface area contributed by atoms with Gasteiger partial charge in [0.15, 0.2) is 0 Å². The Morgan fingerprint density at radius 1 is 1.00 bits per heavy atom. The Morgan fingerprint density at radius 3 is 1.88 bits per heavy atom. The molecule has 4 aliphatic rings. The molecule has 0 aromatic heterocycles. The van der Waals surface area contributed by atoms with Crippen LogP contribution < -0.4 is 0 Å². The Balaban J connectivity index is 1.85. The maximum Gasteiger partial charge on any atom is 0.454 e. The number of benzene rings is 1. The number of aliphatic hydroxyl groups is 1. The molecular weight excluding hydrogens is 365 g/mol. The molecule has 0 aliphatic heterocycles. The molecule has 0 atom stereocenters. The van der Waals surface area contributed by atoms with Crippen molar-refractivity contribution in [2.75, 3.05) is 0 Å². The molecule has 4 bridgehead atoms. The normalized spacial score (nSPS) is 33.9. The number of halogens is 4. The molecule has 0 saturated heterocycles. The molecule has 0 amide bonds. The van der Waals surface area contributed by atoms with Crippen LogP contribution in [0.3, 0.4) is 0 Å². The molecule has 0 radical (unpaired) electrons. The van der Waals surface area contributed by atoms with Gasteiger partial charge in [0.2, 0.25) is 0 Å². The molecule has 1 aromatic rings. The Morgan fingerprint density at radius 2 is 1.46 bits per heavy atom. The van der Waals surface area contributed by atoms with Gasteiger partial charge in [-0.3, -0.25) is 4.79 Å². The smallest absolute Gasteiger partial charge is 0.454 e. The number of hydrogen-bond acceptors (Lipinski definition) is 2. The van der Waals surface area contributed by atoms with E-state index < -0.39 is 28.7 Å². The third-order valence-corrected chi connectivity index (χ3v) is 6.66. The lowest BCUT2D eigenvalue weighted by Gasteiger charge is -2.57. The fourth-order valence-corrected chi connectivity index (χ4v) is 6.04. The lowest BCUT2D eigenvalue weighted by Crippen LogP contribution is -2.49. The van der Waals surface area contributed by atoms with Crippen LogP contribution in [0.1, 0.15) is 44.1 Å². The molecule has 2 nitrogen and oxygen atoms in total. The number of Topliss-reactive ketones (excluding diaryl/α,β-unsaturated/α-hetero) is 1. The molecule has 1 N–H and O–H groups in total. The zero-order valence-electron chi connectivity index (χ0n) is 14.2. The van der Waals surface area contributed by atoms with Crippen LogP contribution in [0.25, 0.3) is 5.76 Å². The number of aliphatic hydroxyl groups excluding tert-OH is 1. The van der Waals surface area contributed by atoms with Crippen molar-refractivity contribution in [1.29, 1.82) is 0 Å². The molecule has 1 aromatic carbocycles. The molecule has 6 heteroatoms. The monoisotopic (exact) mass is 384 g/mol. The number of carbonyl (C=O) groups excluding carboxylic acids is 1. The summed E-state index contributed by atoms with van der Waals surface area (Å²) >= 11 is 5.84. The summed E-state index contributed by atoms with van der Waals surface area (Å²) in [6.45, 7) is 0. The zero-order chi connectivity index (χ0) is 18.7. The van der Waals surface area contributed by atoms with Crippen LogP contribution in [-0.4, -0.2) is 17.1 Å². The molecule has 26 heavy (non-hydrogen) atoms. The van der Waals surface area contributed by atoms with Crippen LogP contribution in [0.2, 0.25) is 5.02 Å². The van der Waals surface area contributed by atoms with Gasteiger partial charge in [-0.15, -0.1) is 0 Å². The molecule has 0 spiro atoms. The summed E-state index contributed by atoms with van der Waals surface area (Å²) in [5, 5.41) is 11.2. The second-order valence-electron chi connectivity index (χ2n) is 8.26. The van der Waals surface area contributed by atoms with Crippen molar-refractivity contribution < 1.29 is 23.1 Å². The summed E-state index contributed by atoms with van der Waals surface area (Å²) in [5.41, 5.74) is -1.07. The number of hydrogen-bond donors (Lipinski definition) is 1. The van der Waals surface area contributed by atoms with Crippen molar-refractivity contribution in [2.24, 2.45) is 23.2 Å². The maximum absolute atomic E-state index is 13.4. The van der Waals surface area contributed by atoms with E-state index in [1.54, 1.807) is 0 Å². The highest BCUT2D eigenvalue weighted by molar-refractivity contribution is 6.30. The molecule has 4 saturated carbocycles. The zero-order valence-corrected chi connectivity index (χ0v) is 14.9. The fourth-order valence-electron chi connectivity index (χ4n) is 5.91. The van der Waals surface area contributed by atoms with Gasteiger partial charge in [-0.25, -0.2) is 0 Å². The summed E-state index contributed by atoms with van der Waals surface area (Å²) < 4.78 is 40.2. The standard InChI is InChI=1S/C20H20ClF3O2/c21-15-3-1-14(2-4-15)17(25)16(18(26)20(22,23)24)19-8-11-5-12(9-19)7-13(6-11)10-19/h1-4,11-13,25H,5-10H2. The van der Waals surface area contributed by atoms with Gasteiger partial charge in [0.25, 0.3) is 5.78 Å². The van der Waals surface area contributed by atoms with Gasteiger partial charge in [-0.05, 0) is 80.5 Å². The summed E-state index contributed by atoms with van der Waals surface area (Å²) in [4.78, 5) is 12.4. The summed E-state index contributed by atoms with van der Waals surface area (Å²) in [6, 6.07) is 5.93. The molecular formula is C20H20ClF3O2. The van der Waals surface area contributed by atoms with Crippen molar-refractivity contribution in [1.82, 2.24) is 0 Å². The van der Waals surface area contributed by atoms with Crippen LogP contribution >= 0.6 is 11.6 Å². The van der Waals surface area contributed by atoms with Crippen molar-refractivity contribution in [3.8, 4) is 0 Å². The van der Waals surface area contributed by atoms with Crippen molar-refractivity contribution in [3.63, 3.8) is 0 Å². The van der Waals surface area contributed by atoms with E-state index in [0.717, 1.165) is 19.3 Å². The van der Waals surface area contributed by atoms with Crippen LogP contribution in [0.4, 0.5) is 13.2 Å². The summed E-state index contributed by atoms with van der Waals surface area (Å²) in [7, 11) is 0. The lowest BCUT2D eigenvalue weighted by molar-refractivity contribution is -0.169. The second kappa shape index (κ2) is 6.01. The van der Waals surface area contributed by atoms with E-state index in [2.05, 4.69) is 0 Å². The molecule has 5 rings (SSSR count). The average Bonchev–Trinajstić information content (AvgIpc) is 2.53. The van der Waals surface area contributed by atoms with Crippen molar-refractivity contribution >= 4 is 23.1 Å². The molecule has 4 fully saturated rings. The first kappa shape index (κ1) is 17.9. The Hall–Kier alpha value is -1.49. The third-order valence-electron chi connectivity index (χ3n) is 6.41. The Kier molecular flexibility index (Phi) is 4.14. The first-order chi connectivity index (χ1) is 12.2. The van der Waals surface area contributed by atoms with E-state index in [0.29, 0.717) is 42.0 Å². The molecule has 0 unspecified atom stereocenters. The topological polar surface area (TPSA) is 37.3 Å². The third kappa shape index (κ3) is 2.94. The van der Waals surface area contributed by atoms with Gasteiger partial charge >= 0.3 is 6.18 Å². The van der Waals surface area contributed by atoms with Crippen LogP contribution in [0.15, 0.2) is 29.8 Å².